The molecule has 30 heavy (non-hydrogen) atoms. The highest BCUT2D eigenvalue weighted by molar-refractivity contribution is 5.80. The maximum Gasteiger partial charge on any atom is 0.269 e. The van der Waals surface area contributed by atoms with Crippen LogP contribution in [0.15, 0.2) is 61.2 Å². The first-order valence-corrected chi connectivity index (χ1v) is 9.29. The number of nitrogens with zero attached hydrogens (tertiary/aromatic N) is 1. The van der Waals surface area contributed by atoms with Crippen molar-refractivity contribution in [3.63, 3.8) is 0 Å². The van der Waals surface area contributed by atoms with Gasteiger partial charge in [0.2, 0.25) is 0 Å². The summed E-state index contributed by atoms with van der Waals surface area (Å²) >= 11 is 0. The van der Waals surface area contributed by atoms with Crippen molar-refractivity contribution in [2.45, 2.75) is 13.8 Å². The van der Waals surface area contributed by atoms with Gasteiger partial charge in [-0.1, -0.05) is 18.7 Å². The van der Waals surface area contributed by atoms with E-state index >= 15 is 0 Å². The van der Waals surface area contributed by atoms with Gasteiger partial charge in [-0.2, -0.15) is 0 Å². The van der Waals surface area contributed by atoms with E-state index in [9.17, 15) is 10.1 Å². The molecule has 0 bridgehead atoms. The van der Waals surface area contributed by atoms with Crippen molar-refractivity contribution in [2.75, 3.05) is 14.2 Å². The van der Waals surface area contributed by atoms with Gasteiger partial charge in [0.05, 0.1) is 19.1 Å². The highest BCUT2D eigenvalue weighted by Gasteiger charge is 2.13. The summed E-state index contributed by atoms with van der Waals surface area (Å²) < 4.78 is 16.8. The standard InChI is InChI=1S/C24H23NO5/c1-15-12-19(14-23(29-5)16(15)2)17(3)18-6-11-22(28-4)24(13-18)30-21-9-7-20(8-10-21)25(26)27/h6-14H,3H2,1-2,4-5H3. The van der Waals surface area contributed by atoms with Crippen LogP contribution in [0.25, 0.3) is 5.57 Å². The second-order valence-corrected chi connectivity index (χ2v) is 6.82. The molecule has 0 aliphatic carbocycles. The molecular weight excluding hydrogens is 382 g/mol. The molecule has 0 aliphatic rings. The predicted molar refractivity (Wildman–Crippen MR) is 117 cm³/mol. The lowest BCUT2D eigenvalue weighted by Gasteiger charge is -2.15. The normalized spacial score (nSPS) is 10.4. The molecule has 0 unspecified atom stereocenters. The second-order valence-electron chi connectivity index (χ2n) is 6.82. The third-order valence-corrected chi connectivity index (χ3v) is 4.98. The molecule has 0 amide bonds. The summed E-state index contributed by atoms with van der Waals surface area (Å²) in [4.78, 5) is 10.4. The largest absolute Gasteiger partial charge is 0.496 e. The summed E-state index contributed by atoms with van der Waals surface area (Å²) in [6, 6.07) is 15.5. The van der Waals surface area contributed by atoms with E-state index in [4.69, 9.17) is 14.2 Å². The summed E-state index contributed by atoms with van der Waals surface area (Å²) in [6.45, 7) is 8.30. The monoisotopic (exact) mass is 405 g/mol. The summed E-state index contributed by atoms with van der Waals surface area (Å²) in [7, 11) is 3.21. The van der Waals surface area contributed by atoms with Gasteiger partial charge in [-0.05, 0) is 72.0 Å². The molecule has 3 aromatic rings. The van der Waals surface area contributed by atoms with Crippen molar-refractivity contribution in [3.8, 4) is 23.0 Å². The van der Waals surface area contributed by atoms with Gasteiger partial charge in [-0.25, -0.2) is 0 Å². The number of ether oxygens (including phenoxy) is 3. The van der Waals surface area contributed by atoms with E-state index in [0.717, 1.165) is 33.6 Å². The van der Waals surface area contributed by atoms with Crippen molar-refractivity contribution in [3.05, 3.63) is 93.5 Å². The van der Waals surface area contributed by atoms with E-state index in [0.29, 0.717) is 17.2 Å². The number of rotatable bonds is 7. The van der Waals surface area contributed by atoms with Crippen molar-refractivity contribution in [1.82, 2.24) is 0 Å². The zero-order chi connectivity index (χ0) is 21.8. The summed E-state index contributed by atoms with van der Waals surface area (Å²) in [5, 5.41) is 10.8. The zero-order valence-electron chi connectivity index (χ0n) is 17.4. The molecular formula is C24H23NO5. The van der Waals surface area contributed by atoms with Crippen LogP contribution in [0.3, 0.4) is 0 Å². The van der Waals surface area contributed by atoms with Crippen LogP contribution < -0.4 is 14.2 Å². The minimum atomic E-state index is -0.452. The van der Waals surface area contributed by atoms with Gasteiger partial charge >= 0.3 is 0 Å². The third-order valence-electron chi connectivity index (χ3n) is 4.98. The minimum Gasteiger partial charge on any atom is -0.496 e. The van der Waals surface area contributed by atoms with E-state index in [1.807, 2.05) is 32.0 Å². The summed E-state index contributed by atoms with van der Waals surface area (Å²) in [5.41, 5.74) is 4.82. The first kappa shape index (κ1) is 20.9. The van der Waals surface area contributed by atoms with Crippen LogP contribution in [0.2, 0.25) is 0 Å². The molecule has 0 saturated carbocycles. The molecule has 0 aliphatic heterocycles. The van der Waals surface area contributed by atoms with Gasteiger partial charge in [-0.3, -0.25) is 10.1 Å². The summed E-state index contributed by atoms with van der Waals surface area (Å²) in [6.07, 6.45) is 0. The van der Waals surface area contributed by atoms with Gasteiger partial charge in [0, 0.05) is 12.1 Å². The van der Waals surface area contributed by atoms with E-state index in [-0.39, 0.29) is 5.69 Å². The maximum absolute atomic E-state index is 10.8. The Hall–Kier alpha value is -3.80. The van der Waals surface area contributed by atoms with Gasteiger partial charge in [0.1, 0.15) is 11.5 Å². The number of hydrogen-bond acceptors (Lipinski definition) is 5. The molecule has 0 spiro atoms. The van der Waals surface area contributed by atoms with E-state index in [1.54, 1.807) is 32.4 Å². The molecule has 154 valence electrons. The van der Waals surface area contributed by atoms with E-state index in [2.05, 4.69) is 12.6 Å². The van der Waals surface area contributed by atoms with Crippen molar-refractivity contribution >= 4 is 11.3 Å². The van der Waals surface area contributed by atoms with Crippen LogP contribution in [0, 0.1) is 24.0 Å². The Morgan fingerprint density at radius 1 is 0.867 bits per heavy atom. The molecule has 0 saturated heterocycles. The molecule has 0 aromatic heterocycles. The Bertz CT molecular complexity index is 1100. The maximum atomic E-state index is 10.8. The molecule has 3 rings (SSSR count). The number of hydrogen-bond donors (Lipinski definition) is 0. The van der Waals surface area contributed by atoms with Gasteiger partial charge in [0.15, 0.2) is 11.5 Å². The Kier molecular flexibility index (Phi) is 6.06. The molecule has 0 N–H and O–H groups in total. The van der Waals surface area contributed by atoms with Crippen molar-refractivity contribution < 1.29 is 19.1 Å². The molecule has 0 atom stereocenters. The first-order chi connectivity index (χ1) is 14.3. The highest BCUT2D eigenvalue weighted by atomic mass is 16.6. The number of aryl methyl sites for hydroxylation is 1. The minimum absolute atomic E-state index is 0.000122. The van der Waals surface area contributed by atoms with Gasteiger partial charge in [0.25, 0.3) is 5.69 Å². The fourth-order valence-electron chi connectivity index (χ4n) is 3.09. The van der Waals surface area contributed by atoms with Crippen LogP contribution in [0.5, 0.6) is 23.0 Å². The lowest BCUT2D eigenvalue weighted by Crippen LogP contribution is -1.96. The Labute approximate surface area is 175 Å². The molecule has 0 radical (unpaired) electrons. The molecule has 3 aromatic carbocycles. The van der Waals surface area contributed by atoms with Crippen LogP contribution >= 0.6 is 0 Å². The Balaban J connectivity index is 1.95. The third kappa shape index (κ3) is 4.27. The second kappa shape index (κ2) is 8.69. The number of nitro benzene ring substituents is 1. The number of non-ortho nitro benzene ring substituents is 1. The van der Waals surface area contributed by atoms with Crippen LogP contribution in [0.1, 0.15) is 22.3 Å². The molecule has 0 heterocycles. The Morgan fingerprint density at radius 2 is 1.50 bits per heavy atom. The summed E-state index contributed by atoms with van der Waals surface area (Å²) in [5.74, 6) is 2.31. The lowest BCUT2D eigenvalue weighted by atomic mass is 9.95. The van der Waals surface area contributed by atoms with Crippen LogP contribution in [0.4, 0.5) is 5.69 Å². The average Bonchev–Trinajstić information content (AvgIpc) is 2.75. The molecule has 0 fully saturated rings. The average molecular weight is 405 g/mol. The molecule has 6 nitrogen and oxygen atoms in total. The fraction of sp³-hybridized carbons (Fsp3) is 0.167. The number of benzene rings is 3. The van der Waals surface area contributed by atoms with Crippen molar-refractivity contribution in [2.24, 2.45) is 0 Å². The van der Waals surface area contributed by atoms with Gasteiger partial charge in [-0.15, -0.1) is 0 Å². The molecule has 6 heteroatoms. The van der Waals surface area contributed by atoms with Crippen molar-refractivity contribution in [1.29, 1.82) is 0 Å². The van der Waals surface area contributed by atoms with Gasteiger partial charge < -0.3 is 14.2 Å². The lowest BCUT2D eigenvalue weighted by molar-refractivity contribution is -0.384. The number of methoxy groups -OCH3 is 2. The SMILES string of the molecule is C=C(c1ccc(OC)c(Oc2ccc([N+](=O)[O-])cc2)c1)c1cc(C)c(C)c(OC)c1. The highest BCUT2D eigenvalue weighted by Crippen LogP contribution is 2.37. The quantitative estimate of drug-likeness (QED) is 0.352. The topological polar surface area (TPSA) is 70.8 Å². The first-order valence-electron chi connectivity index (χ1n) is 9.29. The fourth-order valence-corrected chi connectivity index (χ4v) is 3.09. The van der Waals surface area contributed by atoms with Crippen LogP contribution in [-0.2, 0) is 0 Å². The van der Waals surface area contributed by atoms with E-state index < -0.39 is 4.92 Å². The Morgan fingerprint density at radius 3 is 2.10 bits per heavy atom. The van der Waals surface area contributed by atoms with E-state index in [1.165, 1.54) is 12.1 Å². The smallest absolute Gasteiger partial charge is 0.269 e. The predicted octanol–water partition coefficient (Wildman–Crippen LogP) is 6.08. The number of nitro groups is 1. The zero-order valence-corrected chi connectivity index (χ0v) is 17.4. The van der Waals surface area contributed by atoms with Crippen LogP contribution in [-0.4, -0.2) is 19.1 Å².